The first-order chi connectivity index (χ1) is 9.74. The second kappa shape index (κ2) is 5.99. The maximum absolute atomic E-state index is 12.6. The van der Waals surface area contributed by atoms with Crippen molar-refractivity contribution >= 4 is 5.91 Å². The smallest absolute Gasteiger partial charge is 0.223 e. The fourth-order valence-corrected chi connectivity index (χ4v) is 3.78. The molecule has 2 heteroatoms. The number of nitrogens with zero attached hydrogens (tertiary/aromatic N) is 1. The van der Waals surface area contributed by atoms with Crippen LogP contribution >= 0.6 is 0 Å². The maximum atomic E-state index is 12.6. The molecule has 2 aliphatic rings. The molecular weight excluding hydrogens is 246 g/mol. The molecule has 1 aliphatic carbocycles. The van der Waals surface area contributed by atoms with E-state index in [0.29, 0.717) is 17.9 Å². The molecule has 1 aromatic carbocycles. The number of rotatable bonds is 3. The third kappa shape index (κ3) is 2.89. The van der Waals surface area contributed by atoms with Gasteiger partial charge in [-0.25, -0.2) is 0 Å². The number of carbonyl (C=O) groups excluding carboxylic acids is 1. The van der Waals surface area contributed by atoms with E-state index >= 15 is 0 Å². The minimum atomic E-state index is 0.324. The van der Waals surface area contributed by atoms with Crippen LogP contribution in [0.1, 0.15) is 62.1 Å². The Balaban J connectivity index is 1.68. The molecular formula is C18H25NO. The summed E-state index contributed by atoms with van der Waals surface area (Å²) in [6.45, 7) is 3.06. The van der Waals surface area contributed by atoms with Gasteiger partial charge >= 0.3 is 0 Å². The van der Waals surface area contributed by atoms with E-state index in [0.717, 1.165) is 25.8 Å². The average molecular weight is 271 g/mol. The summed E-state index contributed by atoms with van der Waals surface area (Å²) in [7, 11) is 0. The second-order valence-electron chi connectivity index (χ2n) is 6.51. The first-order valence-electron chi connectivity index (χ1n) is 8.10. The van der Waals surface area contributed by atoms with Gasteiger partial charge in [0, 0.05) is 13.0 Å². The van der Waals surface area contributed by atoms with Gasteiger partial charge in [0.05, 0.1) is 6.04 Å². The van der Waals surface area contributed by atoms with E-state index in [2.05, 4.69) is 36.1 Å². The topological polar surface area (TPSA) is 20.3 Å². The zero-order valence-corrected chi connectivity index (χ0v) is 12.5. The molecule has 20 heavy (non-hydrogen) atoms. The van der Waals surface area contributed by atoms with Gasteiger partial charge in [0.1, 0.15) is 0 Å². The third-order valence-electron chi connectivity index (χ3n) is 4.97. The van der Waals surface area contributed by atoms with Crippen LogP contribution in [0.5, 0.6) is 0 Å². The number of amides is 1. The molecule has 1 unspecified atom stereocenters. The van der Waals surface area contributed by atoms with Crippen LogP contribution in [0.25, 0.3) is 0 Å². The molecule has 3 rings (SSSR count). The van der Waals surface area contributed by atoms with Crippen molar-refractivity contribution in [3.63, 3.8) is 0 Å². The maximum Gasteiger partial charge on any atom is 0.223 e. The fourth-order valence-electron chi connectivity index (χ4n) is 3.78. The molecule has 108 valence electrons. The molecule has 1 aliphatic heterocycles. The van der Waals surface area contributed by atoms with Crippen LogP contribution < -0.4 is 0 Å². The normalized spacial score (nSPS) is 23.4. The molecule has 1 amide bonds. The summed E-state index contributed by atoms with van der Waals surface area (Å²) in [5.74, 6) is 1.04. The van der Waals surface area contributed by atoms with Crippen molar-refractivity contribution in [2.45, 2.75) is 57.9 Å². The Kier molecular flexibility index (Phi) is 4.09. The van der Waals surface area contributed by atoms with E-state index in [1.165, 1.54) is 36.8 Å². The summed E-state index contributed by atoms with van der Waals surface area (Å²) in [5, 5.41) is 0. The number of hydrogen-bond acceptors (Lipinski definition) is 1. The first kappa shape index (κ1) is 13.7. The van der Waals surface area contributed by atoms with Gasteiger partial charge in [0.15, 0.2) is 0 Å². The van der Waals surface area contributed by atoms with Gasteiger partial charge in [0.25, 0.3) is 0 Å². The molecule has 1 aromatic rings. The monoisotopic (exact) mass is 271 g/mol. The molecule has 1 heterocycles. The van der Waals surface area contributed by atoms with Gasteiger partial charge in [-0.2, -0.15) is 0 Å². The minimum Gasteiger partial charge on any atom is -0.336 e. The average Bonchev–Trinajstić information content (AvgIpc) is 3.10. The van der Waals surface area contributed by atoms with Crippen LogP contribution in [0.15, 0.2) is 24.3 Å². The van der Waals surface area contributed by atoms with Gasteiger partial charge in [-0.05, 0) is 44.1 Å². The largest absolute Gasteiger partial charge is 0.336 e. The summed E-state index contributed by atoms with van der Waals surface area (Å²) in [6, 6.07) is 9.03. The van der Waals surface area contributed by atoms with Gasteiger partial charge in [-0.3, -0.25) is 4.79 Å². The molecule has 0 aromatic heterocycles. The lowest BCUT2D eigenvalue weighted by Crippen LogP contribution is -2.31. The number of carbonyl (C=O) groups is 1. The summed E-state index contributed by atoms with van der Waals surface area (Å²) >= 11 is 0. The third-order valence-corrected chi connectivity index (χ3v) is 4.97. The molecule has 2 nitrogen and oxygen atoms in total. The second-order valence-corrected chi connectivity index (χ2v) is 6.51. The van der Waals surface area contributed by atoms with Crippen LogP contribution in [0, 0.1) is 12.8 Å². The van der Waals surface area contributed by atoms with Crippen molar-refractivity contribution in [3.8, 4) is 0 Å². The Morgan fingerprint density at radius 2 is 1.80 bits per heavy atom. The Morgan fingerprint density at radius 3 is 2.50 bits per heavy atom. The predicted molar refractivity (Wildman–Crippen MR) is 81.4 cm³/mol. The van der Waals surface area contributed by atoms with E-state index in [1.54, 1.807) is 0 Å². The van der Waals surface area contributed by atoms with Crippen molar-refractivity contribution in [2.24, 2.45) is 5.92 Å². The lowest BCUT2D eigenvalue weighted by Gasteiger charge is -2.26. The van der Waals surface area contributed by atoms with E-state index in [1.807, 2.05) is 0 Å². The standard InChI is InChI=1S/C18H25NO/c1-14-8-10-16(11-9-14)17-7-4-12-19(17)18(20)13-15-5-2-3-6-15/h8-11,15,17H,2-7,12-13H2,1H3. The van der Waals surface area contributed by atoms with Crippen LogP contribution in [0.3, 0.4) is 0 Å². The highest BCUT2D eigenvalue weighted by Crippen LogP contribution is 2.35. The quantitative estimate of drug-likeness (QED) is 0.805. The van der Waals surface area contributed by atoms with Crippen molar-refractivity contribution in [1.29, 1.82) is 0 Å². The van der Waals surface area contributed by atoms with Crippen molar-refractivity contribution in [1.82, 2.24) is 4.90 Å². The van der Waals surface area contributed by atoms with Gasteiger partial charge in [0.2, 0.25) is 5.91 Å². The Bertz CT molecular complexity index is 459. The van der Waals surface area contributed by atoms with Gasteiger partial charge < -0.3 is 4.90 Å². The number of hydrogen-bond donors (Lipinski definition) is 0. The summed E-state index contributed by atoms with van der Waals surface area (Å²) in [4.78, 5) is 14.7. The van der Waals surface area contributed by atoms with Crippen LogP contribution in [-0.2, 0) is 4.79 Å². The Hall–Kier alpha value is -1.31. The molecule has 0 radical (unpaired) electrons. The van der Waals surface area contributed by atoms with Crippen LogP contribution in [-0.4, -0.2) is 17.4 Å². The lowest BCUT2D eigenvalue weighted by molar-refractivity contribution is -0.133. The van der Waals surface area contributed by atoms with Crippen LogP contribution in [0.2, 0.25) is 0 Å². The molecule has 0 spiro atoms. The van der Waals surface area contributed by atoms with E-state index < -0.39 is 0 Å². The van der Waals surface area contributed by atoms with E-state index in [-0.39, 0.29) is 0 Å². The van der Waals surface area contributed by atoms with Gasteiger partial charge in [-0.15, -0.1) is 0 Å². The predicted octanol–water partition coefficient (Wildman–Crippen LogP) is 4.24. The molecule has 0 N–H and O–H groups in total. The minimum absolute atomic E-state index is 0.324. The highest BCUT2D eigenvalue weighted by Gasteiger charge is 2.31. The molecule has 1 atom stereocenters. The molecule has 0 bridgehead atoms. The molecule has 2 fully saturated rings. The van der Waals surface area contributed by atoms with Crippen molar-refractivity contribution < 1.29 is 4.79 Å². The first-order valence-corrected chi connectivity index (χ1v) is 8.10. The summed E-state index contributed by atoms with van der Waals surface area (Å²) in [6.07, 6.45) is 8.21. The highest BCUT2D eigenvalue weighted by atomic mass is 16.2. The zero-order chi connectivity index (χ0) is 13.9. The SMILES string of the molecule is Cc1ccc(C2CCCN2C(=O)CC2CCCC2)cc1. The fraction of sp³-hybridized carbons (Fsp3) is 0.611. The molecule has 1 saturated heterocycles. The van der Waals surface area contributed by atoms with Crippen molar-refractivity contribution in [2.75, 3.05) is 6.54 Å². The molecule has 1 saturated carbocycles. The van der Waals surface area contributed by atoms with Crippen LogP contribution in [0.4, 0.5) is 0 Å². The van der Waals surface area contributed by atoms with Crippen molar-refractivity contribution in [3.05, 3.63) is 35.4 Å². The summed E-state index contributed by atoms with van der Waals surface area (Å²) < 4.78 is 0. The summed E-state index contributed by atoms with van der Waals surface area (Å²) in [5.41, 5.74) is 2.60. The van der Waals surface area contributed by atoms with E-state index in [9.17, 15) is 4.79 Å². The highest BCUT2D eigenvalue weighted by molar-refractivity contribution is 5.77. The number of likely N-dealkylation sites (tertiary alicyclic amines) is 1. The van der Waals surface area contributed by atoms with Gasteiger partial charge in [-0.1, -0.05) is 42.7 Å². The lowest BCUT2D eigenvalue weighted by atomic mass is 10.0. The number of benzene rings is 1. The number of aryl methyl sites for hydroxylation is 1. The Labute approximate surface area is 122 Å². The van der Waals surface area contributed by atoms with E-state index in [4.69, 9.17) is 0 Å². The zero-order valence-electron chi connectivity index (χ0n) is 12.5. The Morgan fingerprint density at radius 1 is 1.10 bits per heavy atom.